The number of hydrogen-bond donors (Lipinski definition) is 2. The van der Waals surface area contributed by atoms with Gasteiger partial charge in [0.15, 0.2) is 0 Å². The van der Waals surface area contributed by atoms with Crippen LogP contribution in [0.1, 0.15) is 35.3 Å². The van der Waals surface area contributed by atoms with Crippen molar-refractivity contribution in [3.63, 3.8) is 0 Å². The Bertz CT molecular complexity index is 435. The molecular weight excluding hydrogens is 272 g/mol. The van der Waals surface area contributed by atoms with Gasteiger partial charge in [0.2, 0.25) is 0 Å². The molecule has 6 heteroatoms. The lowest BCUT2D eigenvalue weighted by atomic mass is 10.0. The molecule has 1 aliphatic rings. The highest BCUT2D eigenvalue weighted by Gasteiger charge is 2.16. The Morgan fingerprint density at radius 3 is 3.25 bits per heavy atom. The molecule has 0 bridgehead atoms. The van der Waals surface area contributed by atoms with Crippen molar-refractivity contribution in [3.05, 3.63) is 16.1 Å². The molecular formula is C14H24N4OS. The van der Waals surface area contributed by atoms with Crippen LogP contribution in [0.2, 0.25) is 0 Å². The van der Waals surface area contributed by atoms with Crippen molar-refractivity contribution < 1.29 is 4.79 Å². The molecule has 20 heavy (non-hydrogen) atoms. The average molecular weight is 296 g/mol. The van der Waals surface area contributed by atoms with E-state index in [1.165, 1.54) is 24.2 Å². The van der Waals surface area contributed by atoms with Gasteiger partial charge in [-0.05, 0) is 31.8 Å². The number of nitrogens with two attached hydrogens (primary N) is 1. The zero-order valence-electron chi connectivity index (χ0n) is 12.1. The van der Waals surface area contributed by atoms with Gasteiger partial charge in [-0.1, -0.05) is 6.92 Å². The highest BCUT2D eigenvalue weighted by Crippen LogP contribution is 2.14. The van der Waals surface area contributed by atoms with Crippen molar-refractivity contribution in [2.45, 2.75) is 26.2 Å². The smallest absolute Gasteiger partial charge is 0.270 e. The molecule has 5 nitrogen and oxygen atoms in total. The zero-order chi connectivity index (χ0) is 14.4. The maximum atomic E-state index is 12.0. The van der Waals surface area contributed by atoms with Gasteiger partial charge in [0.25, 0.3) is 5.91 Å². The lowest BCUT2D eigenvalue weighted by molar-refractivity contribution is 0.0939. The van der Waals surface area contributed by atoms with Crippen LogP contribution in [0.5, 0.6) is 0 Å². The minimum atomic E-state index is -0.0745. The van der Waals surface area contributed by atoms with Gasteiger partial charge in [0, 0.05) is 31.4 Å². The highest BCUT2D eigenvalue weighted by molar-refractivity contribution is 7.09. The lowest BCUT2D eigenvalue weighted by Crippen LogP contribution is -2.40. The maximum Gasteiger partial charge on any atom is 0.270 e. The first kappa shape index (κ1) is 15.4. The summed E-state index contributed by atoms with van der Waals surface area (Å²) in [4.78, 5) is 18.7. The number of likely N-dealkylation sites (tertiary alicyclic amines) is 1. The van der Waals surface area contributed by atoms with Gasteiger partial charge >= 0.3 is 0 Å². The van der Waals surface area contributed by atoms with Crippen molar-refractivity contribution in [1.82, 2.24) is 15.2 Å². The van der Waals surface area contributed by atoms with Crippen LogP contribution >= 0.6 is 11.3 Å². The minimum Gasteiger partial charge on any atom is -0.349 e. The van der Waals surface area contributed by atoms with Crippen LogP contribution < -0.4 is 11.1 Å². The third-order valence-corrected chi connectivity index (χ3v) is 4.51. The maximum absolute atomic E-state index is 12.0. The molecule has 0 aliphatic carbocycles. The Balaban J connectivity index is 1.71. The molecule has 1 saturated heterocycles. The molecule has 0 saturated carbocycles. The molecule has 1 fully saturated rings. The molecule has 1 aromatic rings. The first-order valence-electron chi connectivity index (χ1n) is 7.34. The second-order valence-electron chi connectivity index (χ2n) is 5.47. The second-order valence-corrected chi connectivity index (χ2v) is 6.41. The van der Waals surface area contributed by atoms with Gasteiger partial charge in [0.05, 0.1) is 5.01 Å². The van der Waals surface area contributed by atoms with Gasteiger partial charge in [-0.3, -0.25) is 4.79 Å². The number of nitrogens with one attached hydrogen (secondary N) is 1. The number of carbonyl (C=O) groups is 1. The van der Waals surface area contributed by atoms with Gasteiger partial charge in [-0.15, -0.1) is 11.3 Å². The minimum absolute atomic E-state index is 0.0745. The fraction of sp³-hybridized carbons (Fsp3) is 0.714. The number of rotatable bonds is 6. The normalized spacial score (nSPS) is 20.0. The molecule has 2 rings (SSSR count). The van der Waals surface area contributed by atoms with E-state index in [1.807, 2.05) is 5.38 Å². The van der Waals surface area contributed by atoms with Crippen LogP contribution in [0.25, 0.3) is 0 Å². The van der Waals surface area contributed by atoms with Gasteiger partial charge in [0.1, 0.15) is 5.69 Å². The topological polar surface area (TPSA) is 71.2 Å². The molecule has 1 atom stereocenters. The number of nitrogens with zero attached hydrogens (tertiary/aromatic N) is 2. The summed E-state index contributed by atoms with van der Waals surface area (Å²) < 4.78 is 0. The number of amides is 1. The number of carbonyl (C=O) groups excluding carboxylic acids is 1. The molecule has 2 heterocycles. The van der Waals surface area contributed by atoms with Crippen molar-refractivity contribution >= 4 is 17.2 Å². The molecule has 0 aromatic carbocycles. The predicted octanol–water partition coefficient (Wildman–Crippen LogP) is 1.11. The third kappa shape index (κ3) is 4.54. The Morgan fingerprint density at radius 2 is 2.50 bits per heavy atom. The van der Waals surface area contributed by atoms with E-state index in [0.717, 1.165) is 37.0 Å². The predicted molar refractivity (Wildman–Crippen MR) is 82.0 cm³/mol. The molecule has 3 N–H and O–H groups in total. The summed E-state index contributed by atoms with van der Waals surface area (Å²) in [7, 11) is 0. The van der Waals surface area contributed by atoms with Crippen molar-refractivity contribution in [3.8, 4) is 0 Å². The largest absolute Gasteiger partial charge is 0.349 e. The second kappa shape index (κ2) is 7.71. The lowest BCUT2D eigenvalue weighted by Gasteiger charge is -2.30. The Hall–Kier alpha value is -0.980. The standard InChI is InChI=1S/C14H24N4OS/c1-11-3-2-7-18(9-11)8-6-16-14(19)12-10-20-13(17-12)4-5-15/h10-11H,2-9,15H2,1H3,(H,16,19). The van der Waals surface area contributed by atoms with Crippen molar-refractivity contribution in [1.29, 1.82) is 0 Å². The van der Waals surface area contributed by atoms with Gasteiger partial charge < -0.3 is 16.0 Å². The molecule has 112 valence electrons. The van der Waals surface area contributed by atoms with E-state index in [4.69, 9.17) is 5.73 Å². The van der Waals surface area contributed by atoms with Crippen LogP contribution in [0.4, 0.5) is 0 Å². The Morgan fingerprint density at radius 1 is 1.65 bits per heavy atom. The van der Waals surface area contributed by atoms with Gasteiger partial charge in [-0.25, -0.2) is 4.98 Å². The van der Waals surface area contributed by atoms with Crippen molar-refractivity contribution in [2.24, 2.45) is 11.7 Å². The number of thiazole rings is 1. The Labute approximate surface area is 124 Å². The quantitative estimate of drug-likeness (QED) is 0.825. The molecule has 0 spiro atoms. The SMILES string of the molecule is CC1CCCN(CCNC(=O)c2csc(CCN)n2)C1. The van der Waals surface area contributed by atoms with E-state index in [2.05, 4.69) is 22.1 Å². The van der Waals surface area contributed by atoms with E-state index in [9.17, 15) is 4.79 Å². The fourth-order valence-electron chi connectivity index (χ4n) is 2.56. The summed E-state index contributed by atoms with van der Waals surface area (Å²) in [5.41, 5.74) is 6.00. The van der Waals surface area contributed by atoms with Crippen LogP contribution in [0, 0.1) is 5.92 Å². The highest BCUT2D eigenvalue weighted by atomic mass is 32.1. The summed E-state index contributed by atoms with van der Waals surface area (Å²) in [6.07, 6.45) is 3.33. The summed E-state index contributed by atoms with van der Waals surface area (Å²) in [5.74, 6) is 0.700. The van der Waals surface area contributed by atoms with Crippen LogP contribution in [0.3, 0.4) is 0 Å². The number of hydrogen-bond acceptors (Lipinski definition) is 5. The van der Waals surface area contributed by atoms with Crippen LogP contribution in [0.15, 0.2) is 5.38 Å². The van der Waals surface area contributed by atoms with E-state index in [0.29, 0.717) is 18.8 Å². The summed E-state index contributed by atoms with van der Waals surface area (Å²) >= 11 is 1.50. The first-order valence-corrected chi connectivity index (χ1v) is 8.22. The summed E-state index contributed by atoms with van der Waals surface area (Å²) in [6, 6.07) is 0. The fourth-order valence-corrected chi connectivity index (χ4v) is 3.36. The summed E-state index contributed by atoms with van der Waals surface area (Å²) in [6.45, 7) is 6.77. The summed E-state index contributed by atoms with van der Waals surface area (Å²) in [5, 5.41) is 5.69. The van der Waals surface area contributed by atoms with Crippen LogP contribution in [-0.2, 0) is 6.42 Å². The molecule has 1 aliphatic heterocycles. The van der Waals surface area contributed by atoms with E-state index < -0.39 is 0 Å². The van der Waals surface area contributed by atoms with E-state index >= 15 is 0 Å². The third-order valence-electron chi connectivity index (χ3n) is 3.60. The molecule has 1 unspecified atom stereocenters. The monoisotopic (exact) mass is 296 g/mol. The Kier molecular flexibility index (Phi) is 5.94. The molecule has 1 amide bonds. The first-order chi connectivity index (χ1) is 9.69. The van der Waals surface area contributed by atoms with Crippen LogP contribution in [-0.4, -0.2) is 48.5 Å². The van der Waals surface area contributed by atoms with Crippen molar-refractivity contribution in [2.75, 3.05) is 32.7 Å². The van der Waals surface area contributed by atoms with Gasteiger partial charge in [-0.2, -0.15) is 0 Å². The molecule has 0 radical (unpaired) electrons. The van der Waals surface area contributed by atoms with E-state index in [1.54, 1.807) is 0 Å². The number of piperidine rings is 1. The molecule has 1 aromatic heterocycles. The van der Waals surface area contributed by atoms with E-state index in [-0.39, 0.29) is 5.91 Å². The average Bonchev–Trinajstić information content (AvgIpc) is 2.88. The number of aromatic nitrogens is 1. The zero-order valence-corrected chi connectivity index (χ0v) is 12.9.